The lowest BCUT2D eigenvalue weighted by Gasteiger charge is -2.24. The normalized spacial score (nSPS) is 17.4. The number of azide groups is 1. The molecule has 7 nitrogen and oxygen atoms in total. The van der Waals surface area contributed by atoms with Crippen molar-refractivity contribution in [3.63, 3.8) is 0 Å². The number of piperazine rings is 1. The number of amides is 2. The third kappa shape index (κ3) is 3.42. The second-order valence-corrected chi connectivity index (χ2v) is 2.99. The van der Waals surface area contributed by atoms with Gasteiger partial charge in [0.15, 0.2) is 0 Å². The Morgan fingerprint density at radius 1 is 1.43 bits per heavy atom. The molecule has 0 aliphatic carbocycles. The Labute approximate surface area is 80.7 Å². The van der Waals surface area contributed by atoms with E-state index in [0.29, 0.717) is 19.5 Å². The van der Waals surface area contributed by atoms with Crippen LogP contribution in [0.5, 0.6) is 0 Å². The minimum absolute atomic E-state index is 0.238. The van der Waals surface area contributed by atoms with Crippen molar-refractivity contribution in [1.29, 1.82) is 0 Å². The monoisotopic (exact) mass is 197 g/mol. The second-order valence-electron chi connectivity index (χ2n) is 2.99. The maximum Gasteiger partial charge on any atom is 0.240 e. The van der Waals surface area contributed by atoms with Crippen LogP contribution in [0.4, 0.5) is 0 Å². The summed E-state index contributed by atoms with van der Waals surface area (Å²) in [6.45, 7) is 1.46. The van der Waals surface area contributed by atoms with Crippen molar-refractivity contribution in [3.05, 3.63) is 10.4 Å². The Hall–Kier alpha value is -1.59. The van der Waals surface area contributed by atoms with E-state index < -0.39 is 0 Å². The van der Waals surface area contributed by atoms with Crippen molar-refractivity contribution in [1.82, 2.24) is 10.2 Å². The topological polar surface area (TPSA) is 98.2 Å². The van der Waals surface area contributed by atoms with Crippen LogP contribution in [0.1, 0.15) is 6.42 Å². The lowest BCUT2D eigenvalue weighted by atomic mass is 10.3. The molecule has 0 atom stereocenters. The molecule has 0 bridgehead atoms. The van der Waals surface area contributed by atoms with E-state index in [2.05, 4.69) is 15.3 Å². The quantitative estimate of drug-likeness (QED) is 0.219. The van der Waals surface area contributed by atoms with Gasteiger partial charge in [-0.25, -0.2) is 0 Å². The van der Waals surface area contributed by atoms with Gasteiger partial charge in [0.05, 0.1) is 13.1 Å². The van der Waals surface area contributed by atoms with E-state index in [1.807, 2.05) is 0 Å². The molecule has 0 saturated carbocycles. The van der Waals surface area contributed by atoms with Crippen LogP contribution in [0.2, 0.25) is 0 Å². The van der Waals surface area contributed by atoms with Gasteiger partial charge in [0.25, 0.3) is 0 Å². The van der Waals surface area contributed by atoms with Gasteiger partial charge in [0, 0.05) is 11.5 Å². The zero-order valence-corrected chi connectivity index (χ0v) is 7.64. The van der Waals surface area contributed by atoms with Crippen LogP contribution in [-0.4, -0.2) is 42.9 Å². The van der Waals surface area contributed by atoms with Crippen LogP contribution in [0.25, 0.3) is 10.4 Å². The molecule has 0 aromatic rings. The van der Waals surface area contributed by atoms with Crippen molar-refractivity contribution >= 4 is 11.8 Å². The summed E-state index contributed by atoms with van der Waals surface area (Å²) < 4.78 is 0. The average molecular weight is 197 g/mol. The summed E-state index contributed by atoms with van der Waals surface area (Å²) in [5.74, 6) is -0.546. The Balaban J connectivity index is 2.26. The lowest BCUT2D eigenvalue weighted by molar-refractivity contribution is -0.136. The average Bonchev–Trinajstić information content (AvgIpc) is 2.11. The van der Waals surface area contributed by atoms with Crippen LogP contribution in [-0.2, 0) is 9.59 Å². The summed E-state index contributed by atoms with van der Waals surface area (Å²) in [7, 11) is 0. The third-order valence-corrected chi connectivity index (χ3v) is 1.81. The minimum atomic E-state index is -0.273. The molecule has 0 aromatic heterocycles. The molecule has 2 amide bonds. The molecular weight excluding hydrogens is 186 g/mol. The van der Waals surface area contributed by atoms with E-state index in [-0.39, 0.29) is 24.9 Å². The fraction of sp³-hybridized carbons (Fsp3) is 0.714. The zero-order chi connectivity index (χ0) is 10.4. The first-order chi connectivity index (χ1) is 6.72. The molecule has 1 rings (SSSR count). The first-order valence-electron chi connectivity index (χ1n) is 4.28. The van der Waals surface area contributed by atoms with Crippen LogP contribution >= 0.6 is 0 Å². The molecule has 1 saturated heterocycles. The Bertz CT molecular complexity index is 268. The Morgan fingerprint density at radius 3 is 2.64 bits per heavy atom. The number of nitrogens with one attached hydrogen (secondary N) is 1. The molecule has 7 heteroatoms. The summed E-state index contributed by atoms with van der Waals surface area (Å²) in [5.41, 5.74) is 8.01. The molecule has 0 aromatic carbocycles. The summed E-state index contributed by atoms with van der Waals surface area (Å²) in [4.78, 5) is 26.2. The maximum atomic E-state index is 10.9. The molecule has 0 spiro atoms. The molecule has 1 N–H and O–H groups in total. The molecule has 1 aliphatic rings. The predicted octanol–water partition coefficient (Wildman–Crippen LogP) is -0.355. The largest absolute Gasteiger partial charge is 0.294 e. The highest BCUT2D eigenvalue weighted by atomic mass is 16.2. The predicted molar refractivity (Wildman–Crippen MR) is 48.2 cm³/mol. The van der Waals surface area contributed by atoms with E-state index in [1.165, 1.54) is 0 Å². The summed E-state index contributed by atoms with van der Waals surface area (Å²) >= 11 is 0. The highest BCUT2D eigenvalue weighted by molar-refractivity contribution is 5.99. The number of hydrogen-bond donors (Lipinski definition) is 1. The number of hydrogen-bond acceptors (Lipinski definition) is 4. The SMILES string of the molecule is [N-]=[N+]=NCCCN1CC(=O)NC(=O)C1. The number of carbonyl (C=O) groups is 2. The van der Waals surface area contributed by atoms with Gasteiger partial charge in [-0.3, -0.25) is 19.8 Å². The van der Waals surface area contributed by atoms with E-state index in [1.54, 1.807) is 4.90 Å². The van der Waals surface area contributed by atoms with Crippen molar-refractivity contribution < 1.29 is 9.59 Å². The second kappa shape index (κ2) is 5.21. The van der Waals surface area contributed by atoms with Gasteiger partial charge < -0.3 is 0 Å². The Kier molecular flexibility index (Phi) is 3.90. The van der Waals surface area contributed by atoms with Crippen molar-refractivity contribution in [2.24, 2.45) is 5.11 Å². The van der Waals surface area contributed by atoms with Gasteiger partial charge in [-0.1, -0.05) is 5.11 Å². The zero-order valence-electron chi connectivity index (χ0n) is 7.64. The minimum Gasteiger partial charge on any atom is -0.294 e. The van der Waals surface area contributed by atoms with Crippen molar-refractivity contribution in [2.75, 3.05) is 26.2 Å². The highest BCUT2D eigenvalue weighted by Crippen LogP contribution is 1.96. The van der Waals surface area contributed by atoms with Gasteiger partial charge >= 0.3 is 0 Å². The van der Waals surface area contributed by atoms with Gasteiger partial charge in [0.2, 0.25) is 11.8 Å². The molecule has 1 aliphatic heterocycles. The summed E-state index contributed by atoms with van der Waals surface area (Å²) in [5, 5.41) is 5.57. The summed E-state index contributed by atoms with van der Waals surface area (Å²) in [6.07, 6.45) is 0.657. The molecular formula is C7H11N5O2. The number of rotatable bonds is 4. The van der Waals surface area contributed by atoms with Crippen molar-refractivity contribution in [2.45, 2.75) is 6.42 Å². The van der Waals surface area contributed by atoms with E-state index in [0.717, 1.165) is 0 Å². The standard InChI is InChI=1S/C7H11N5O2/c8-11-9-2-1-3-12-4-6(13)10-7(14)5-12/h1-5H2,(H,10,13,14). The van der Waals surface area contributed by atoms with Crippen LogP contribution in [0.15, 0.2) is 5.11 Å². The van der Waals surface area contributed by atoms with Crippen molar-refractivity contribution in [3.8, 4) is 0 Å². The van der Waals surface area contributed by atoms with Gasteiger partial charge in [-0.15, -0.1) is 0 Å². The lowest BCUT2D eigenvalue weighted by Crippen LogP contribution is -2.51. The number of imide groups is 1. The molecule has 0 unspecified atom stereocenters. The number of nitrogens with zero attached hydrogens (tertiary/aromatic N) is 4. The fourth-order valence-corrected chi connectivity index (χ4v) is 1.26. The fourth-order valence-electron chi connectivity index (χ4n) is 1.26. The van der Waals surface area contributed by atoms with Crippen LogP contribution in [0, 0.1) is 0 Å². The number of carbonyl (C=O) groups excluding carboxylic acids is 2. The maximum absolute atomic E-state index is 10.9. The van der Waals surface area contributed by atoms with E-state index in [4.69, 9.17) is 5.53 Å². The molecule has 1 heterocycles. The van der Waals surface area contributed by atoms with Gasteiger partial charge in [0.1, 0.15) is 0 Å². The molecule has 76 valence electrons. The van der Waals surface area contributed by atoms with E-state index in [9.17, 15) is 9.59 Å². The molecule has 14 heavy (non-hydrogen) atoms. The van der Waals surface area contributed by atoms with Crippen LogP contribution < -0.4 is 5.32 Å². The van der Waals surface area contributed by atoms with Crippen LogP contribution in [0.3, 0.4) is 0 Å². The molecule has 0 radical (unpaired) electrons. The smallest absolute Gasteiger partial charge is 0.240 e. The van der Waals surface area contributed by atoms with Gasteiger partial charge in [-0.2, -0.15) is 0 Å². The first-order valence-corrected chi connectivity index (χ1v) is 4.28. The third-order valence-electron chi connectivity index (χ3n) is 1.81. The van der Waals surface area contributed by atoms with E-state index >= 15 is 0 Å². The molecule has 1 fully saturated rings. The summed E-state index contributed by atoms with van der Waals surface area (Å²) in [6, 6.07) is 0. The van der Waals surface area contributed by atoms with Gasteiger partial charge in [-0.05, 0) is 18.5 Å². The first kappa shape index (κ1) is 10.5. The Morgan fingerprint density at radius 2 is 2.07 bits per heavy atom. The highest BCUT2D eigenvalue weighted by Gasteiger charge is 2.21.